The lowest BCUT2D eigenvalue weighted by molar-refractivity contribution is 0.421. The van der Waals surface area contributed by atoms with Gasteiger partial charge in [-0.15, -0.1) is 0 Å². The van der Waals surface area contributed by atoms with Crippen molar-refractivity contribution in [2.24, 2.45) is 0 Å². The van der Waals surface area contributed by atoms with Gasteiger partial charge in [-0.3, -0.25) is 4.57 Å². The third-order valence-corrected chi connectivity index (χ3v) is 2.13. The fourth-order valence-corrected chi connectivity index (χ4v) is 1.47. The third-order valence-electron chi connectivity index (χ3n) is 2.13. The fourth-order valence-electron chi connectivity index (χ4n) is 1.47. The molecule has 0 aliphatic heterocycles. The van der Waals surface area contributed by atoms with E-state index in [0.717, 1.165) is 0 Å². The molecule has 0 spiro atoms. The first-order valence-corrected chi connectivity index (χ1v) is 4.36. The first-order valence-electron chi connectivity index (χ1n) is 4.36. The molecule has 72 valence electrons. The second-order valence-electron chi connectivity index (χ2n) is 2.92. The second kappa shape index (κ2) is 3.14. The zero-order valence-electron chi connectivity index (χ0n) is 7.69. The Kier molecular flexibility index (Phi) is 1.96. The van der Waals surface area contributed by atoms with Crippen LogP contribution in [0.2, 0.25) is 0 Å². The topological polar surface area (TPSA) is 52.2 Å². The van der Waals surface area contributed by atoms with Crippen LogP contribution in [-0.2, 0) is 6.54 Å². The molecule has 0 saturated carbocycles. The summed E-state index contributed by atoms with van der Waals surface area (Å²) in [5.74, 6) is -0.601. The van der Waals surface area contributed by atoms with E-state index in [1.807, 2.05) is 6.92 Å². The van der Waals surface area contributed by atoms with Crippen LogP contribution in [-0.4, -0.2) is 4.57 Å². The lowest BCUT2D eigenvalue weighted by Gasteiger charge is -2.03. The van der Waals surface area contributed by atoms with Gasteiger partial charge in [-0.2, -0.15) is 0 Å². The van der Waals surface area contributed by atoms with Crippen molar-refractivity contribution in [3.63, 3.8) is 0 Å². The van der Waals surface area contributed by atoms with Gasteiger partial charge in [0.2, 0.25) is 0 Å². The molecule has 2 rings (SSSR count). The average Bonchev–Trinajstić information content (AvgIpc) is 2.18. The lowest BCUT2D eigenvalue weighted by atomic mass is 10.2. The maximum Gasteiger partial charge on any atom is 0.422 e. The van der Waals surface area contributed by atoms with Crippen molar-refractivity contribution in [2.45, 2.75) is 13.5 Å². The van der Waals surface area contributed by atoms with Crippen LogP contribution in [0.1, 0.15) is 6.92 Å². The Morgan fingerprint density at radius 2 is 2.00 bits per heavy atom. The van der Waals surface area contributed by atoms with Gasteiger partial charge in [0, 0.05) is 6.54 Å². The van der Waals surface area contributed by atoms with Gasteiger partial charge in [0.05, 0.1) is 10.9 Å². The van der Waals surface area contributed by atoms with Crippen LogP contribution in [0.25, 0.3) is 10.9 Å². The van der Waals surface area contributed by atoms with Gasteiger partial charge in [-0.1, -0.05) is 12.1 Å². The zero-order chi connectivity index (χ0) is 10.1. The van der Waals surface area contributed by atoms with Crippen molar-refractivity contribution >= 4 is 10.9 Å². The largest absolute Gasteiger partial charge is 0.422 e. The highest BCUT2D eigenvalue weighted by molar-refractivity contribution is 5.77. The van der Waals surface area contributed by atoms with Crippen molar-refractivity contribution in [2.75, 3.05) is 0 Å². The number of benzene rings is 1. The summed E-state index contributed by atoms with van der Waals surface area (Å²) < 4.78 is 5.99. The summed E-state index contributed by atoms with van der Waals surface area (Å²) in [4.78, 5) is 22.6. The van der Waals surface area contributed by atoms with Crippen molar-refractivity contribution in [3.05, 3.63) is 45.2 Å². The molecule has 0 fully saturated rings. The highest BCUT2D eigenvalue weighted by Crippen LogP contribution is 2.06. The van der Waals surface area contributed by atoms with Crippen molar-refractivity contribution < 1.29 is 4.42 Å². The third kappa shape index (κ3) is 1.16. The highest BCUT2D eigenvalue weighted by Gasteiger charge is 2.05. The van der Waals surface area contributed by atoms with Crippen LogP contribution in [0, 0.1) is 0 Å². The van der Waals surface area contributed by atoms with Crippen LogP contribution in [0.15, 0.2) is 38.3 Å². The predicted octanol–water partition coefficient (Wildman–Crippen LogP) is 0.975. The summed E-state index contributed by atoms with van der Waals surface area (Å²) in [5, 5.41) is 0.439. The molecule has 0 amide bonds. The van der Waals surface area contributed by atoms with Gasteiger partial charge in [0.1, 0.15) is 0 Å². The average molecular weight is 191 g/mol. The number of aromatic nitrogens is 1. The Labute approximate surface area is 79.4 Å². The molecule has 0 saturated heterocycles. The zero-order valence-corrected chi connectivity index (χ0v) is 7.69. The molecule has 0 atom stereocenters. The smallest absolute Gasteiger partial charge is 0.372 e. The van der Waals surface area contributed by atoms with Gasteiger partial charge in [-0.25, -0.2) is 9.59 Å². The van der Waals surface area contributed by atoms with Crippen LogP contribution in [0.3, 0.4) is 0 Å². The van der Waals surface area contributed by atoms with E-state index in [1.54, 1.807) is 24.3 Å². The van der Waals surface area contributed by atoms with E-state index >= 15 is 0 Å². The van der Waals surface area contributed by atoms with E-state index in [2.05, 4.69) is 4.42 Å². The summed E-state index contributed by atoms with van der Waals surface area (Å²) in [6, 6.07) is 6.90. The van der Waals surface area contributed by atoms with E-state index < -0.39 is 11.4 Å². The number of hydrogen-bond acceptors (Lipinski definition) is 3. The first-order chi connectivity index (χ1) is 6.74. The summed E-state index contributed by atoms with van der Waals surface area (Å²) in [5.41, 5.74) is 0.0477. The Hall–Kier alpha value is -1.84. The molecule has 0 N–H and O–H groups in total. The molecule has 1 aromatic carbocycles. The summed E-state index contributed by atoms with van der Waals surface area (Å²) in [6.45, 7) is 2.32. The molecular formula is C10H9NO3. The van der Waals surface area contributed by atoms with Crippen molar-refractivity contribution in [1.29, 1.82) is 0 Å². The number of para-hydroxylation sites is 1. The minimum absolute atomic E-state index is 0.439. The van der Waals surface area contributed by atoms with Crippen LogP contribution >= 0.6 is 0 Å². The molecule has 1 aromatic heterocycles. The van der Waals surface area contributed by atoms with Crippen molar-refractivity contribution in [1.82, 2.24) is 4.57 Å². The minimum Gasteiger partial charge on any atom is -0.372 e. The Morgan fingerprint density at radius 1 is 1.29 bits per heavy atom. The summed E-state index contributed by atoms with van der Waals surface area (Å²) >= 11 is 0. The summed E-state index contributed by atoms with van der Waals surface area (Å²) in [6.07, 6.45) is 0. The van der Waals surface area contributed by atoms with E-state index in [9.17, 15) is 9.59 Å². The first kappa shape index (κ1) is 8.74. The maximum absolute atomic E-state index is 11.3. The van der Waals surface area contributed by atoms with Gasteiger partial charge in [0.15, 0.2) is 0 Å². The van der Waals surface area contributed by atoms with Gasteiger partial charge in [-0.05, 0) is 19.1 Å². The highest BCUT2D eigenvalue weighted by atomic mass is 16.4. The molecule has 0 unspecified atom stereocenters. The van der Waals surface area contributed by atoms with E-state index in [0.29, 0.717) is 17.4 Å². The quantitative estimate of drug-likeness (QED) is 0.675. The molecular weight excluding hydrogens is 182 g/mol. The Morgan fingerprint density at radius 3 is 2.71 bits per heavy atom. The van der Waals surface area contributed by atoms with Crippen LogP contribution in [0.5, 0.6) is 0 Å². The molecule has 1 heterocycles. The molecule has 0 bridgehead atoms. The summed E-state index contributed by atoms with van der Waals surface area (Å²) in [7, 11) is 0. The normalized spacial score (nSPS) is 10.6. The van der Waals surface area contributed by atoms with Gasteiger partial charge >= 0.3 is 11.4 Å². The molecule has 2 aromatic rings. The monoisotopic (exact) mass is 191 g/mol. The number of rotatable bonds is 1. The molecule has 14 heavy (non-hydrogen) atoms. The molecule has 4 nitrogen and oxygen atoms in total. The van der Waals surface area contributed by atoms with Crippen LogP contribution < -0.4 is 11.4 Å². The predicted molar refractivity (Wildman–Crippen MR) is 52.4 cm³/mol. The van der Waals surface area contributed by atoms with Crippen molar-refractivity contribution in [3.8, 4) is 0 Å². The molecule has 4 heteroatoms. The molecule has 0 radical (unpaired) electrons. The Balaban J connectivity index is 3.06. The second-order valence-corrected chi connectivity index (χ2v) is 2.92. The number of hydrogen-bond donors (Lipinski definition) is 0. The van der Waals surface area contributed by atoms with E-state index in [4.69, 9.17) is 0 Å². The number of fused-ring (bicyclic) bond motifs is 1. The number of nitrogens with zero attached hydrogens (tertiary/aromatic N) is 1. The van der Waals surface area contributed by atoms with E-state index in [1.165, 1.54) is 4.57 Å². The lowest BCUT2D eigenvalue weighted by Crippen LogP contribution is -2.24. The number of aryl methyl sites for hydroxylation is 1. The standard InChI is InChI=1S/C10H9NO3/c1-2-11-8-6-4-3-5-7(8)9(12)14-10(11)13/h3-6H,2H2,1H3. The van der Waals surface area contributed by atoms with Gasteiger partial charge in [0.25, 0.3) is 0 Å². The van der Waals surface area contributed by atoms with Gasteiger partial charge < -0.3 is 4.42 Å². The fraction of sp³-hybridized carbons (Fsp3) is 0.200. The minimum atomic E-state index is -0.601. The molecule has 0 aliphatic rings. The van der Waals surface area contributed by atoms with E-state index in [-0.39, 0.29) is 0 Å². The SMILES string of the molecule is CCn1c(=O)oc(=O)c2ccccc21. The molecule has 0 aliphatic carbocycles. The maximum atomic E-state index is 11.3. The van der Waals surface area contributed by atoms with Crippen LogP contribution in [0.4, 0.5) is 0 Å². The Bertz CT molecular complexity index is 580.